The van der Waals surface area contributed by atoms with Crippen molar-refractivity contribution < 1.29 is 9.50 Å². The fourth-order valence-electron chi connectivity index (χ4n) is 4.71. The van der Waals surface area contributed by atoms with Crippen LogP contribution in [-0.4, -0.2) is 34.2 Å². The summed E-state index contributed by atoms with van der Waals surface area (Å²) in [5.41, 5.74) is 12.4. The molecule has 8 nitrogen and oxygen atoms in total. The summed E-state index contributed by atoms with van der Waals surface area (Å²) < 4.78 is 18.0. The summed E-state index contributed by atoms with van der Waals surface area (Å²) in [6.45, 7) is 4.07. The fraction of sp³-hybridized carbons (Fsp3) is 0.111. The zero-order valence-electron chi connectivity index (χ0n) is 19.6. The van der Waals surface area contributed by atoms with Crippen LogP contribution < -0.4 is 5.73 Å². The Kier molecular flexibility index (Phi) is 4.92. The predicted octanol–water partition coefficient (Wildman–Crippen LogP) is 5.15. The quantitative estimate of drug-likeness (QED) is 0.362. The smallest absolute Gasteiger partial charge is 0.164 e. The molecule has 1 unspecified atom stereocenters. The Hall–Kier alpha value is -4.79. The Bertz CT molecular complexity index is 1740. The van der Waals surface area contributed by atoms with Gasteiger partial charge in [-0.15, -0.1) is 0 Å². The van der Waals surface area contributed by atoms with Crippen LogP contribution in [-0.2, 0) is 0 Å². The summed E-state index contributed by atoms with van der Waals surface area (Å²) in [6, 6.07) is 15.6. The second-order valence-electron chi connectivity index (χ2n) is 8.79. The standard InChI is InChI=1S/C27H22FN7O/c1-15-6-8-34-19(9-15)13-21(25(34)22-5-3-4-7-30-22)16(2)35-27-23(26(29)31-14-32-27)24(33-35)17-10-18(28)12-20(36)11-17/h3-14,16,36H,1-2H3,(H2,29,31,32). The number of hydrogen-bond acceptors (Lipinski definition) is 6. The highest BCUT2D eigenvalue weighted by atomic mass is 19.1. The van der Waals surface area contributed by atoms with Gasteiger partial charge in [0.25, 0.3) is 0 Å². The van der Waals surface area contributed by atoms with Gasteiger partial charge < -0.3 is 15.2 Å². The SMILES string of the molecule is Cc1ccn2c(-c3ccccn3)c(C(C)n3nc(-c4cc(O)cc(F)c4)c4c(N)ncnc43)cc2c1. The Labute approximate surface area is 205 Å². The number of fused-ring (bicyclic) bond motifs is 2. The number of hydrogen-bond donors (Lipinski definition) is 2. The largest absolute Gasteiger partial charge is 0.508 e. The van der Waals surface area contributed by atoms with Gasteiger partial charge in [0.2, 0.25) is 0 Å². The van der Waals surface area contributed by atoms with Gasteiger partial charge >= 0.3 is 0 Å². The number of anilines is 1. The predicted molar refractivity (Wildman–Crippen MR) is 136 cm³/mol. The van der Waals surface area contributed by atoms with E-state index >= 15 is 0 Å². The van der Waals surface area contributed by atoms with Gasteiger partial charge in [-0.25, -0.2) is 19.0 Å². The Morgan fingerprint density at radius 2 is 1.89 bits per heavy atom. The van der Waals surface area contributed by atoms with Crippen molar-refractivity contribution in [2.45, 2.75) is 19.9 Å². The number of phenols is 1. The van der Waals surface area contributed by atoms with Crippen LogP contribution in [0.3, 0.4) is 0 Å². The first-order chi connectivity index (χ1) is 17.4. The number of aromatic nitrogens is 6. The molecule has 178 valence electrons. The van der Waals surface area contributed by atoms with E-state index in [0.29, 0.717) is 22.3 Å². The first-order valence-electron chi connectivity index (χ1n) is 11.4. The van der Waals surface area contributed by atoms with Crippen molar-refractivity contribution in [2.24, 2.45) is 0 Å². The number of phenolic OH excluding ortho intramolecular Hbond substituents is 1. The zero-order chi connectivity index (χ0) is 25.0. The number of pyridine rings is 2. The van der Waals surface area contributed by atoms with Crippen molar-refractivity contribution in [1.82, 2.24) is 29.1 Å². The number of halogens is 1. The minimum absolute atomic E-state index is 0.206. The monoisotopic (exact) mass is 479 g/mol. The highest BCUT2D eigenvalue weighted by molar-refractivity contribution is 5.98. The molecule has 0 aliphatic rings. The van der Waals surface area contributed by atoms with Gasteiger partial charge in [0.15, 0.2) is 5.65 Å². The van der Waals surface area contributed by atoms with E-state index in [-0.39, 0.29) is 17.6 Å². The lowest BCUT2D eigenvalue weighted by atomic mass is 10.1. The van der Waals surface area contributed by atoms with E-state index in [2.05, 4.69) is 44.5 Å². The van der Waals surface area contributed by atoms with Crippen molar-refractivity contribution in [3.63, 3.8) is 0 Å². The van der Waals surface area contributed by atoms with Gasteiger partial charge in [0.1, 0.15) is 29.4 Å². The molecule has 0 aliphatic heterocycles. The van der Waals surface area contributed by atoms with E-state index in [4.69, 9.17) is 10.8 Å². The first-order valence-corrected chi connectivity index (χ1v) is 11.4. The number of nitrogen functional groups attached to an aromatic ring is 1. The van der Waals surface area contributed by atoms with Crippen LogP contribution >= 0.6 is 0 Å². The van der Waals surface area contributed by atoms with Crippen molar-refractivity contribution in [1.29, 1.82) is 0 Å². The molecule has 1 aromatic carbocycles. The van der Waals surface area contributed by atoms with Crippen molar-refractivity contribution in [3.8, 4) is 28.4 Å². The van der Waals surface area contributed by atoms with Gasteiger partial charge in [-0.3, -0.25) is 4.98 Å². The lowest BCUT2D eigenvalue weighted by molar-refractivity contribution is 0.469. The average molecular weight is 480 g/mol. The van der Waals surface area contributed by atoms with Crippen molar-refractivity contribution in [2.75, 3.05) is 5.73 Å². The van der Waals surface area contributed by atoms with Gasteiger partial charge in [0.05, 0.1) is 22.8 Å². The summed E-state index contributed by atoms with van der Waals surface area (Å²) in [5, 5.41) is 15.3. The minimum Gasteiger partial charge on any atom is -0.508 e. The van der Waals surface area contributed by atoms with Gasteiger partial charge in [-0.2, -0.15) is 5.10 Å². The molecule has 0 fully saturated rings. The van der Waals surface area contributed by atoms with Crippen LogP contribution in [0.4, 0.5) is 10.2 Å². The van der Waals surface area contributed by atoms with Crippen LogP contribution in [0.2, 0.25) is 0 Å². The molecule has 0 saturated heterocycles. The lowest BCUT2D eigenvalue weighted by Gasteiger charge is -2.15. The molecule has 0 radical (unpaired) electrons. The summed E-state index contributed by atoms with van der Waals surface area (Å²) in [5.74, 6) is -0.565. The molecule has 0 bridgehead atoms. The van der Waals surface area contributed by atoms with Crippen LogP contribution in [0.5, 0.6) is 5.75 Å². The van der Waals surface area contributed by atoms with E-state index in [9.17, 15) is 9.50 Å². The maximum Gasteiger partial charge on any atom is 0.164 e. The highest BCUT2D eigenvalue weighted by Gasteiger charge is 2.25. The normalized spacial score (nSPS) is 12.4. The van der Waals surface area contributed by atoms with E-state index in [1.165, 1.54) is 18.5 Å². The van der Waals surface area contributed by atoms with Crippen LogP contribution in [0, 0.1) is 12.7 Å². The van der Waals surface area contributed by atoms with Crippen LogP contribution in [0.25, 0.3) is 39.2 Å². The number of aryl methyl sites for hydroxylation is 1. The fourth-order valence-corrected chi connectivity index (χ4v) is 4.71. The number of benzene rings is 1. The third-order valence-electron chi connectivity index (χ3n) is 6.36. The topological polar surface area (TPSA) is 107 Å². The Morgan fingerprint density at radius 1 is 1.03 bits per heavy atom. The molecular weight excluding hydrogens is 457 g/mol. The maximum atomic E-state index is 14.2. The average Bonchev–Trinajstić information content (AvgIpc) is 3.43. The van der Waals surface area contributed by atoms with Gasteiger partial charge in [-0.05, 0) is 61.9 Å². The number of aromatic hydroxyl groups is 1. The van der Waals surface area contributed by atoms with E-state index in [1.807, 2.05) is 31.3 Å². The van der Waals surface area contributed by atoms with Crippen LogP contribution in [0.15, 0.2) is 73.3 Å². The molecule has 1 atom stereocenters. The number of rotatable bonds is 4. The first kappa shape index (κ1) is 21.7. The van der Waals surface area contributed by atoms with Gasteiger partial charge in [-0.1, -0.05) is 6.07 Å². The van der Waals surface area contributed by atoms with E-state index < -0.39 is 5.82 Å². The summed E-state index contributed by atoms with van der Waals surface area (Å²) in [7, 11) is 0. The highest BCUT2D eigenvalue weighted by Crippen LogP contribution is 2.37. The lowest BCUT2D eigenvalue weighted by Crippen LogP contribution is -2.10. The molecule has 0 aliphatic carbocycles. The summed E-state index contributed by atoms with van der Waals surface area (Å²) in [4.78, 5) is 13.2. The second kappa shape index (κ2) is 8.16. The number of nitrogens with zero attached hydrogens (tertiary/aromatic N) is 6. The Morgan fingerprint density at radius 3 is 2.67 bits per heavy atom. The second-order valence-corrected chi connectivity index (χ2v) is 8.79. The third-order valence-corrected chi connectivity index (χ3v) is 6.36. The molecule has 3 N–H and O–H groups in total. The summed E-state index contributed by atoms with van der Waals surface area (Å²) >= 11 is 0. The molecule has 0 spiro atoms. The molecule has 5 aromatic heterocycles. The zero-order valence-corrected chi connectivity index (χ0v) is 19.6. The maximum absolute atomic E-state index is 14.2. The summed E-state index contributed by atoms with van der Waals surface area (Å²) in [6.07, 6.45) is 5.19. The Balaban J connectivity index is 1.62. The molecule has 6 rings (SSSR count). The molecule has 6 aromatic rings. The third kappa shape index (κ3) is 3.44. The molecule has 36 heavy (non-hydrogen) atoms. The van der Waals surface area contributed by atoms with E-state index in [0.717, 1.165) is 34.1 Å². The van der Waals surface area contributed by atoms with Crippen LogP contribution in [0.1, 0.15) is 24.1 Å². The molecule has 0 saturated carbocycles. The molecule has 0 amide bonds. The van der Waals surface area contributed by atoms with Gasteiger partial charge in [0, 0.05) is 35.1 Å². The minimum atomic E-state index is -0.581. The molecule has 5 heterocycles. The van der Waals surface area contributed by atoms with Crippen molar-refractivity contribution in [3.05, 3.63) is 90.3 Å². The molecular formula is C27H22FN7O. The number of nitrogens with two attached hydrogens (primary N) is 1. The molecule has 9 heteroatoms. The van der Waals surface area contributed by atoms with Crippen molar-refractivity contribution >= 4 is 22.4 Å². The van der Waals surface area contributed by atoms with E-state index in [1.54, 1.807) is 10.9 Å².